The molecule has 2 aromatic heterocycles. The average Bonchev–Trinajstić information content (AvgIpc) is 2.82. The first kappa shape index (κ1) is 12.8. The van der Waals surface area contributed by atoms with Gasteiger partial charge in [0.2, 0.25) is 0 Å². The summed E-state index contributed by atoms with van der Waals surface area (Å²) in [5, 5.41) is 6.67. The van der Waals surface area contributed by atoms with Gasteiger partial charge in [0.15, 0.2) is 0 Å². The van der Waals surface area contributed by atoms with E-state index in [1.165, 1.54) is 16.1 Å². The smallest absolute Gasteiger partial charge is 0.0985 e. The van der Waals surface area contributed by atoms with Gasteiger partial charge in [-0.15, -0.1) is 11.3 Å². The Morgan fingerprint density at radius 3 is 2.59 bits per heavy atom. The van der Waals surface area contributed by atoms with E-state index in [-0.39, 0.29) is 6.04 Å². The second-order valence-electron chi connectivity index (χ2n) is 4.16. The van der Waals surface area contributed by atoms with Crippen LogP contribution < -0.4 is 5.73 Å². The van der Waals surface area contributed by atoms with Crippen LogP contribution in [0.1, 0.15) is 27.9 Å². The summed E-state index contributed by atoms with van der Waals surface area (Å²) in [5.74, 6) is 0. The molecule has 0 bridgehead atoms. The van der Waals surface area contributed by atoms with Gasteiger partial charge < -0.3 is 5.73 Å². The Morgan fingerprint density at radius 2 is 2.18 bits per heavy atom. The lowest BCUT2D eigenvalue weighted by molar-refractivity contribution is 0.523. The molecule has 0 spiro atoms. The maximum Gasteiger partial charge on any atom is 0.0985 e. The molecule has 2 rings (SSSR count). The predicted octanol–water partition coefficient (Wildman–Crippen LogP) is 3.18. The molecule has 0 aliphatic heterocycles. The summed E-state index contributed by atoms with van der Waals surface area (Å²) in [6, 6.07) is 2.26. The first-order valence-electron chi connectivity index (χ1n) is 5.51. The van der Waals surface area contributed by atoms with E-state index in [1.807, 2.05) is 11.6 Å². The minimum Gasteiger partial charge on any atom is -0.328 e. The maximum atomic E-state index is 5.90. The number of aromatic nitrogens is 2. The van der Waals surface area contributed by atoms with Crippen LogP contribution >= 0.6 is 27.3 Å². The quantitative estimate of drug-likeness (QED) is 0.945. The minimum atomic E-state index is 0.138. The van der Waals surface area contributed by atoms with Crippen LogP contribution in [-0.2, 0) is 0 Å². The summed E-state index contributed by atoms with van der Waals surface area (Å²) in [6.07, 6.45) is 0. The summed E-state index contributed by atoms with van der Waals surface area (Å²) in [7, 11) is 0. The lowest BCUT2D eigenvalue weighted by Crippen LogP contribution is -2.21. The van der Waals surface area contributed by atoms with Gasteiger partial charge in [-0.05, 0) is 48.3 Å². The zero-order valence-corrected chi connectivity index (χ0v) is 12.6. The van der Waals surface area contributed by atoms with E-state index in [0.29, 0.717) is 6.54 Å². The van der Waals surface area contributed by atoms with Gasteiger partial charge in [0.25, 0.3) is 0 Å². The molecule has 0 amide bonds. The SMILES string of the molecule is Cc1nn(C(CN)c2cc(Br)cs2)c(C)c1C. The number of thiophene rings is 1. The number of aryl methyl sites for hydroxylation is 1. The molecule has 1 atom stereocenters. The molecular formula is C12H16BrN3S. The van der Waals surface area contributed by atoms with E-state index in [9.17, 15) is 0 Å². The number of nitrogens with zero attached hydrogens (tertiary/aromatic N) is 2. The maximum absolute atomic E-state index is 5.90. The highest BCUT2D eigenvalue weighted by molar-refractivity contribution is 9.10. The summed E-state index contributed by atoms with van der Waals surface area (Å²) in [5.41, 5.74) is 9.43. The van der Waals surface area contributed by atoms with Crippen LogP contribution in [-0.4, -0.2) is 16.3 Å². The number of hydrogen-bond donors (Lipinski definition) is 1. The molecule has 0 radical (unpaired) electrons. The fourth-order valence-electron chi connectivity index (χ4n) is 1.89. The molecule has 17 heavy (non-hydrogen) atoms. The Kier molecular flexibility index (Phi) is 3.70. The molecule has 0 saturated heterocycles. The van der Waals surface area contributed by atoms with Crippen molar-refractivity contribution in [2.75, 3.05) is 6.54 Å². The van der Waals surface area contributed by atoms with Gasteiger partial charge in [0, 0.05) is 27.0 Å². The monoisotopic (exact) mass is 313 g/mol. The highest BCUT2D eigenvalue weighted by atomic mass is 79.9. The Morgan fingerprint density at radius 1 is 1.47 bits per heavy atom. The molecule has 92 valence electrons. The fraction of sp³-hybridized carbons (Fsp3) is 0.417. The van der Waals surface area contributed by atoms with Crippen LogP contribution in [0.15, 0.2) is 15.9 Å². The highest BCUT2D eigenvalue weighted by Gasteiger charge is 2.19. The Hall–Kier alpha value is -0.650. The third-order valence-electron chi connectivity index (χ3n) is 3.12. The molecule has 0 aliphatic rings. The number of nitrogens with two attached hydrogens (primary N) is 1. The van der Waals surface area contributed by atoms with E-state index in [0.717, 1.165) is 10.2 Å². The minimum absolute atomic E-state index is 0.138. The third-order valence-corrected chi connectivity index (χ3v) is 4.92. The standard InChI is InChI=1S/C12H16BrN3S/c1-7-8(2)15-16(9(7)3)11(5-14)12-4-10(13)6-17-12/h4,6,11H,5,14H2,1-3H3. The highest BCUT2D eigenvalue weighted by Crippen LogP contribution is 2.29. The summed E-state index contributed by atoms with van der Waals surface area (Å²) in [6.45, 7) is 6.80. The molecule has 3 nitrogen and oxygen atoms in total. The van der Waals surface area contributed by atoms with E-state index >= 15 is 0 Å². The van der Waals surface area contributed by atoms with Gasteiger partial charge in [-0.3, -0.25) is 4.68 Å². The van der Waals surface area contributed by atoms with E-state index in [2.05, 4.69) is 46.3 Å². The van der Waals surface area contributed by atoms with Crippen molar-refractivity contribution < 1.29 is 0 Å². The predicted molar refractivity (Wildman–Crippen MR) is 75.7 cm³/mol. The van der Waals surface area contributed by atoms with Gasteiger partial charge in [0.1, 0.15) is 0 Å². The molecule has 2 N–H and O–H groups in total. The number of hydrogen-bond acceptors (Lipinski definition) is 3. The van der Waals surface area contributed by atoms with Crippen LogP contribution in [0.5, 0.6) is 0 Å². The van der Waals surface area contributed by atoms with Crippen molar-refractivity contribution in [3.63, 3.8) is 0 Å². The first-order chi connectivity index (χ1) is 8.04. The fourth-order valence-corrected chi connectivity index (χ4v) is 3.43. The van der Waals surface area contributed by atoms with Crippen molar-refractivity contribution in [3.05, 3.63) is 37.7 Å². The van der Waals surface area contributed by atoms with E-state index < -0.39 is 0 Å². The molecule has 2 aromatic rings. The van der Waals surface area contributed by atoms with Gasteiger partial charge in [0.05, 0.1) is 11.7 Å². The van der Waals surface area contributed by atoms with Crippen LogP contribution in [0, 0.1) is 20.8 Å². The van der Waals surface area contributed by atoms with E-state index in [1.54, 1.807) is 11.3 Å². The summed E-state index contributed by atoms with van der Waals surface area (Å²) >= 11 is 5.19. The van der Waals surface area contributed by atoms with Gasteiger partial charge in [-0.2, -0.15) is 5.10 Å². The van der Waals surface area contributed by atoms with Crippen molar-refractivity contribution in [3.8, 4) is 0 Å². The van der Waals surface area contributed by atoms with Crippen molar-refractivity contribution in [2.24, 2.45) is 5.73 Å². The second kappa shape index (κ2) is 4.92. The number of halogens is 1. The largest absolute Gasteiger partial charge is 0.328 e. The summed E-state index contributed by atoms with van der Waals surface area (Å²) < 4.78 is 3.15. The molecule has 0 saturated carbocycles. The molecular weight excluding hydrogens is 298 g/mol. The molecule has 5 heteroatoms. The van der Waals surface area contributed by atoms with Crippen molar-refractivity contribution in [1.82, 2.24) is 9.78 Å². The Labute approximate surface area is 114 Å². The van der Waals surface area contributed by atoms with Crippen molar-refractivity contribution >= 4 is 27.3 Å². The van der Waals surface area contributed by atoms with Gasteiger partial charge in [-0.25, -0.2) is 0 Å². The zero-order valence-electron chi connectivity index (χ0n) is 10.2. The van der Waals surface area contributed by atoms with Crippen LogP contribution in [0.3, 0.4) is 0 Å². The van der Waals surface area contributed by atoms with Crippen LogP contribution in [0.2, 0.25) is 0 Å². The molecule has 0 fully saturated rings. The molecule has 2 heterocycles. The van der Waals surface area contributed by atoms with Crippen molar-refractivity contribution in [1.29, 1.82) is 0 Å². The second-order valence-corrected chi connectivity index (χ2v) is 6.02. The molecule has 1 unspecified atom stereocenters. The first-order valence-corrected chi connectivity index (χ1v) is 7.18. The molecule has 0 aromatic carbocycles. The topological polar surface area (TPSA) is 43.8 Å². The van der Waals surface area contributed by atoms with Gasteiger partial charge in [-0.1, -0.05) is 0 Å². The van der Waals surface area contributed by atoms with Crippen LogP contribution in [0.25, 0.3) is 0 Å². The Bertz CT molecular complexity index is 530. The van der Waals surface area contributed by atoms with E-state index in [4.69, 9.17) is 5.73 Å². The normalized spacial score (nSPS) is 13.0. The van der Waals surface area contributed by atoms with Crippen molar-refractivity contribution in [2.45, 2.75) is 26.8 Å². The Balaban J connectivity index is 2.45. The molecule has 0 aliphatic carbocycles. The number of rotatable bonds is 3. The lowest BCUT2D eigenvalue weighted by Gasteiger charge is -2.15. The third kappa shape index (κ3) is 2.32. The van der Waals surface area contributed by atoms with Crippen LogP contribution in [0.4, 0.5) is 0 Å². The zero-order chi connectivity index (χ0) is 12.6. The van der Waals surface area contributed by atoms with Gasteiger partial charge >= 0.3 is 0 Å². The average molecular weight is 314 g/mol. The summed E-state index contributed by atoms with van der Waals surface area (Å²) in [4.78, 5) is 1.24. The lowest BCUT2D eigenvalue weighted by atomic mass is 10.2.